The lowest BCUT2D eigenvalue weighted by Crippen LogP contribution is -2.06. The van der Waals surface area contributed by atoms with E-state index in [-0.39, 0.29) is 0 Å². The Labute approximate surface area is 756 Å². The molecule has 15 heteroatoms. The van der Waals surface area contributed by atoms with Crippen molar-refractivity contribution in [2.75, 3.05) is 0 Å². The second-order valence-electron chi connectivity index (χ2n) is 32.9. The minimum Gasteiger partial charge on any atom is -0.309 e. The largest absolute Gasteiger partial charge is 0.309 e. The summed E-state index contributed by atoms with van der Waals surface area (Å²) in [6.07, 6.45) is 7.13. The van der Waals surface area contributed by atoms with E-state index >= 15 is 0 Å². The summed E-state index contributed by atoms with van der Waals surface area (Å²) in [7, 11) is 0. The van der Waals surface area contributed by atoms with Crippen LogP contribution in [0.1, 0.15) is 0 Å². The van der Waals surface area contributed by atoms with Crippen molar-refractivity contribution in [3.63, 3.8) is 0 Å². The van der Waals surface area contributed by atoms with Crippen LogP contribution >= 0.6 is 0 Å². The number of rotatable bonds is 12. The van der Waals surface area contributed by atoms with Crippen LogP contribution in [0, 0.1) is 0 Å². The Morgan fingerprint density at radius 3 is 0.674 bits per heavy atom. The summed E-state index contributed by atoms with van der Waals surface area (Å²) in [4.78, 5) is 43.7. The standard InChI is InChI=1S/C40H26N4.C39H25N5.C38H24N6/c1-3-13-27(14-4-1)34-26-39(42-40(41-34)28-15-5-2-6-16-28)44-37-22-12-9-19-32(37)33-25-29(23-24-38(33)44)43-35-20-10-7-17-30(35)31-18-8-11-21-36(31)43;1-2-10-27(11-3-1)39-41-33(26-20-22-40-23-21-26)25-38(42-39)44-36-17-9-6-14-31(36)32-24-28(18-19-37(32)44)43-34-15-7-4-12-29(34)30-13-5-8-16-35(30)43;1-2-10-25(11-3-1)36-40-37(26-20-22-39-23-21-26)42-38(41-36)44-34-17-9-6-14-30(34)31-24-27(18-19-35(31)44)43-32-15-7-4-12-28(32)29-13-5-8-16-33(29)43/h1-26H;1-25H;1-24H. The van der Waals surface area contributed by atoms with Crippen LogP contribution in [-0.2, 0) is 0 Å². The molecule has 11 heterocycles. The van der Waals surface area contributed by atoms with Gasteiger partial charge in [0.1, 0.15) is 11.6 Å². The summed E-state index contributed by atoms with van der Waals surface area (Å²) in [5.41, 5.74) is 24.6. The number of benzene rings is 16. The average molecular weight is 1690 g/mol. The monoisotopic (exact) mass is 1690 g/mol. The summed E-state index contributed by atoms with van der Waals surface area (Å²) in [6.45, 7) is 0. The smallest absolute Gasteiger partial charge is 0.238 e. The summed E-state index contributed by atoms with van der Waals surface area (Å²) < 4.78 is 13.8. The van der Waals surface area contributed by atoms with Crippen LogP contribution in [0.2, 0.25) is 0 Å². The molecule has 27 aromatic rings. The SMILES string of the molecule is c1ccc(-c2cc(-n3c4ccccc4c4cc(-n5c6ccccc6c6ccccc65)ccc43)nc(-c3ccccc3)n2)cc1.c1ccc(-c2nc(-c3ccncc3)cc(-n3c4ccccc4c4cc(-n5c6ccccc6c6ccccc65)ccc43)n2)cc1.c1ccc(-c2nc(-c3ccncc3)nc(-n3c4ccccc4c4cc(-n5c6ccccc6c6ccccc65)ccc43)n2)cc1. The molecule has 0 saturated heterocycles. The highest BCUT2D eigenvalue weighted by Crippen LogP contribution is 2.43. The molecule has 0 saturated carbocycles. The lowest BCUT2D eigenvalue weighted by molar-refractivity contribution is 0.953. The number of aromatic nitrogens is 15. The maximum atomic E-state index is 5.17. The van der Waals surface area contributed by atoms with Gasteiger partial charge in [-0.2, -0.15) is 9.97 Å². The molecule has 27 rings (SSSR count). The highest BCUT2D eigenvalue weighted by atomic mass is 15.2. The van der Waals surface area contributed by atoms with Crippen molar-refractivity contribution >= 4 is 131 Å². The molecule has 0 fully saturated rings. The first kappa shape index (κ1) is 76.2. The third-order valence-electron chi connectivity index (χ3n) is 25.3. The van der Waals surface area contributed by atoms with Gasteiger partial charge in [-0.25, -0.2) is 24.9 Å². The molecule has 0 unspecified atom stereocenters. The second kappa shape index (κ2) is 32.0. The van der Waals surface area contributed by atoms with Gasteiger partial charge in [-0.1, -0.05) is 285 Å². The van der Waals surface area contributed by atoms with Gasteiger partial charge in [0, 0.05) is 152 Å². The van der Waals surface area contributed by atoms with Gasteiger partial charge in [-0.3, -0.25) is 23.7 Å². The van der Waals surface area contributed by atoms with E-state index in [0.29, 0.717) is 29.2 Å². The number of pyridine rings is 2. The molecule has 0 bridgehead atoms. The molecule has 0 aliphatic carbocycles. The zero-order chi connectivity index (χ0) is 87.1. The Hall–Kier alpha value is -18.2. The Bertz CT molecular complexity index is 7980. The van der Waals surface area contributed by atoms with Crippen molar-refractivity contribution in [1.29, 1.82) is 0 Å². The van der Waals surface area contributed by atoms with E-state index in [1.807, 2.05) is 97.1 Å². The zero-order valence-corrected chi connectivity index (χ0v) is 71.0. The van der Waals surface area contributed by atoms with Crippen molar-refractivity contribution in [1.82, 2.24) is 72.3 Å². The second-order valence-corrected chi connectivity index (χ2v) is 32.9. The van der Waals surface area contributed by atoms with Gasteiger partial charge in [0.05, 0.1) is 77.6 Å². The summed E-state index contributed by atoms with van der Waals surface area (Å²) in [5, 5.41) is 14.5. The molecule has 0 radical (unpaired) electrons. The lowest BCUT2D eigenvalue weighted by atomic mass is 10.1. The first-order chi connectivity index (χ1) is 65.5. The molecule has 0 spiro atoms. The fourth-order valence-corrected chi connectivity index (χ4v) is 19.4. The minimum absolute atomic E-state index is 0.571. The van der Waals surface area contributed by atoms with Gasteiger partial charge in [0.25, 0.3) is 0 Å². The van der Waals surface area contributed by atoms with Crippen molar-refractivity contribution < 1.29 is 0 Å². The summed E-state index contributed by atoms with van der Waals surface area (Å²) >= 11 is 0. The Kier molecular flexibility index (Phi) is 18.5. The Morgan fingerprint density at radius 1 is 0.144 bits per heavy atom. The van der Waals surface area contributed by atoms with Crippen LogP contribution in [0.25, 0.3) is 234 Å². The average Bonchev–Trinajstić information content (AvgIpc) is 1.58. The minimum atomic E-state index is 0.571. The molecule has 11 aromatic heterocycles. The van der Waals surface area contributed by atoms with Crippen molar-refractivity contribution in [2.45, 2.75) is 0 Å². The van der Waals surface area contributed by atoms with Gasteiger partial charge in [0.2, 0.25) is 5.95 Å². The van der Waals surface area contributed by atoms with Crippen LogP contribution in [0.5, 0.6) is 0 Å². The first-order valence-corrected chi connectivity index (χ1v) is 44.1. The quantitative estimate of drug-likeness (QED) is 0.117. The number of fused-ring (bicyclic) bond motifs is 18. The van der Waals surface area contributed by atoms with E-state index in [0.717, 1.165) is 117 Å². The van der Waals surface area contributed by atoms with Crippen molar-refractivity contribution in [3.05, 3.63) is 455 Å². The number of nitrogens with zero attached hydrogens (tertiary/aromatic N) is 15. The van der Waals surface area contributed by atoms with Crippen LogP contribution in [0.3, 0.4) is 0 Å². The molecule has 16 aromatic carbocycles. The van der Waals surface area contributed by atoms with Gasteiger partial charge in [0.15, 0.2) is 23.3 Å². The summed E-state index contributed by atoms with van der Waals surface area (Å²) in [5.74, 6) is 4.84. The number of hydrogen-bond donors (Lipinski definition) is 0. The molecular weight excluding hydrogens is 1620 g/mol. The Morgan fingerprint density at radius 2 is 0.364 bits per heavy atom. The van der Waals surface area contributed by atoms with Crippen LogP contribution in [-0.4, -0.2) is 72.3 Å². The van der Waals surface area contributed by atoms with E-state index in [4.69, 9.17) is 34.9 Å². The highest BCUT2D eigenvalue weighted by molar-refractivity contribution is 6.16. The van der Waals surface area contributed by atoms with E-state index < -0.39 is 0 Å². The van der Waals surface area contributed by atoms with Gasteiger partial charge in [-0.15, -0.1) is 0 Å². The fourth-order valence-electron chi connectivity index (χ4n) is 19.4. The molecule has 132 heavy (non-hydrogen) atoms. The molecule has 0 atom stereocenters. The predicted molar refractivity (Wildman–Crippen MR) is 538 cm³/mol. The Balaban J connectivity index is 0.000000106. The van der Waals surface area contributed by atoms with E-state index in [1.165, 1.54) is 87.0 Å². The predicted octanol–water partition coefficient (Wildman–Crippen LogP) is 28.2. The van der Waals surface area contributed by atoms with Gasteiger partial charge >= 0.3 is 0 Å². The molecule has 618 valence electrons. The molecule has 0 N–H and O–H groups in total. The molecule has 0 amide bonds. The van der Waals surface area contributed by atoms with Crippen molar-refractivity contribution in [2.24, 2.45) is 0 Å². The van der Waals surface area contributed by atoms with E-state index in [1.54, 1.807) is 24.8 Å². The number of hydrogen-bond acceptors (Lipinski definition) is 9. The van der Waals surface area contributed by atoms with Gasteiger partial charge < -0.3 is 13.7 Å². The zero-order valence-electron chi connectivity index (χ0n) is 71.0. The maximum absolute atomic E-state index is 5.17. The molecule has 0 aliphatic rings. The number of para-hydroxylation sites is 9. The van der Waals surface area contributed by atoms with Crippen LogP contribution < -0.4 is 0 Å². The molecular formula is C117H75N15. The lowest BCUT2D eigenvalue weighted by Gasteiger charge is -2.12. The third-order valence-corrected chi connectivity index (χ3v) is 25.3. The van der Waals surface area contributed by atoms with E-state index in [9.17, 15) is 0 Å². The maximum Gasteiger partial charge on any atom is 0.238 e. The van der Waals surface area contributed by atoms with Gasteiger partial charge in [-0.05, 0) is 133 Å². The molecule has 0 aliphatic heterocycles. The van der Waals surface area contributed by atoms with Crippen LogP contribution in [0.15, 0.2) is 455 Å². The van der Waals surface area contributed by atoms with Crippen LogP contribution in [0.4, 0.5) is 0 Å². The van der Waals surface area contributed by atoms with Crippen molar-refractivity contribution in [3.8, 4) is 103 Å². The topological polar surface area (TPSA) is 146 Å². The highest BCUT2D eigenvalue weighted by Gasteiger charge is 2.25. The summed E-state index contributed by atoms with van der Waals surface area (Å²) in [6, 6.07) is 150. The fraction of sp³-hybridized carbons (Fsp3) is 0. The van der Waals surface area contributed by atoms with E-state index in [2.05, 4.69) is 371 Å². The molecule has 15 nitrogen and oxygen atoms in total. The normalized spacial score (nSPS) is 11.6. The third kappa shape index (κ3) is 13.1. The first-order valence-electron chi connectivity index (χ1n) is 44.1.